The lowest BCUT2D eigenvalue weighted by Gasteiger charge is -2.17. The van der Waals surface area contributed by atoms with Crippen LogP contribution in [0.2, 0.25) is 5.02 Å². The van der Waals surface area contributed by atoms with Crippen LogP contribution in [-0.4, -0.2) is 27.0 Å². The molecule has 18 heavy (non-hydrogen) atoms. The summed E-state index contributed by atoms with van der Waals surface area (Å²) in [6, 6.07) is 7.98. The van der Waals surface area contributed by atoms with Crippen molar-refractivity contribution in [1.82, 2.24) is 5.32 Å². The van der Waals surface area contributed by atoms with Gasteiger partial charge in [0.15, 0.2) is 0 Å². The zero-order valence-electron chi connectivity index (χ0n) is 10.8. The molecule has 0 aromatic heterocycles. The van der Waals surface area contributed by atoms with Gasteiger partial charge in [0.25, 0.3) is 0 Å². The minimum absolute atomic E-state index is 0.225. The molecule has 1 unspecified atom stereocenters. The third-order valence-corrected chi connectivity index (χ3v) is 4.01. The van der Waals surface area contributed by atoms with E-state index in [1.807, 2.05) is 24.3 Å². The Bertz CT molecular complexity index is 474. The van der Waals surface area contributed by atoms with Crippen molar-refractivity contribution in [2.24, 2.45) is 0 Å². The highest BCUT2D eigenvalue weighted by Crippen LogP contribution is 2.20. The van der Waals surface area contributed by atoms with Crippen molar-refractivity contribution < 1.29 is 8.42 Å². The van der Waals surface area contributed by atoms with Gasteiger partial charge in [0.1, 0.15) is 9.84 Å². The van der Waals surface area contributed by atoms with Crippen LogP contribution in [-0.2, 0) is 9.84 Å². The lowest BCUT2D eigenvalue weighted by Crippen LogP contribution is -2.23. The fourth-order valence-electron chi connectivity index (χ4n) is 1.83. The van der Waals surface area contributed by atoms with Crippen molar-refractivity contribution in [3.8, 4) is 0 Å². The first kappa shape index (κ1) is 15.5. The first-order valence-electron chi connectivity index (χ1n) is 6.09. The van der Waals surface area contributed by atoms with Gasteiger partial charge in [0, 0.05) is 17.3 Å². The molecule has 0 saturated heterocycles. The molecule has 0 aliphatic rings. The van der Waals surface area contributed by atoms with Crippen molar-refractivity contribution in [2.45, 2.75) is 25.8 Å². The predicted molar refractivity (Wildman–Crippen MR) is 76.8 cm³/mol. The Morgan fingerprint density at radius 1 is 1.39 bits per heavy atom. The second-order valence-corrected chi connectivity index (χ2v) is 7.15. The largest absolute Gasteiger partial charge is 0.310 e. The first-order chi connectivity index (χ1) is 8.42. The standard InChI is InChI=1S/C13H20ClNO2S/c1-3-13(11-6-4-7-12(14)10-11)15-8-5-9-18(2,16)17/h4,6-7,10,13,15H,3,5,8-9H2,1-2H3. The van der Waals surface area contributed by atoms with E-state index in [9.17, 15) is 8.42 Å². The van der Waals surface area contributed by atoms with Gasteiger partial charge >= 0.3 is 0 Å². The average molecular weight is 290 g/mol. The predicted octanol–water partition coefficient (Wildman–Crippen LogP) is 2.82. The summed E-state index contributed by atoms with van der Waals surface area (Å²) >= 11 is 5.96. The lowest BCUT2D eigenvalue weighted by molar-refractivity contribution is 0.516. The van der Waals surface area contributed by atoms with Crippen molar-refractivity contribution in [3.63, 3.8) is 0 Å². The highest BCUT2D eigenvalue weighted by molar-refractivity contribution is 7.90. The zero-order valence-corrected chi connectivity index (χ0v) is 12.4. The molecule has 3 nitrogen and oxygen atoms in total. The van der Waals surface area contributed by atoms with Crippen molar-refractivity contribution in [2.75, 3.05) is 18.6 Å². The number of benzene rings is 1. The zero-order chi connectivity index (χ0) is 13.6. The molecule has 5 heteroatoms. The van der Waals surface area contributed by atoms with Gasteiger partial charge in [-0.3, -0.25) is 0 Å². The van der Waals surface area contributed by atoms with E-state index >= 15 is 0 Å². The minimum Gasteiger partial charge on any atom is -0.310 e. The van der Waals surface area contributed by atoms with Crippen LogP contribution in [0.1, 0.15) is 31.4 Å². The molecule has 1 aromatic carbocycles. The van der Waals surface area contributed by atoms with E-state index in [0.29, 0.717) is 13.0 Å². The molecule has 1 aromatic rings. The molecular formula is C13H20ClNO2S. The van der Waals surface area contributed by atoms with Crippen LogP contribution >= 0.6 is 11.6 Å². The van der Waals surface area contributed by atoms with E-state index in [4.69, 9.17) is 11.6 Å². The van der Waals surface area contributed by atoms with Gasteiger partial charge in [0.05, 0.1) is 5.75 Å². The van der Waals surface area contributed by atoms with Crippen LogP contribution < -0.4 is 5.32 Å². The summed E-state index contributed by atoms with van der Waals surface area (Å²) < 4.78 is 22.0. The second-order valence-electron chi connectivity index (χ2n) is 4.45. The molecule has 0 saturated carbocycles. The summed E-state index contributed by atoms with van der Waals surface area (Å²) in [6.45, 7) is 2.78. The quantitative estimate of drug-likeness (QED) is 0.785. The van der Waals surface area contributed by atoms with Crippen LogP contribution in [0.3, 0.4) is 0 Å². The van der Waals surface area contributed by atoms with E-state index in [-0.39, 0.29) is 11.8 Å². The fraction of sp³-hybridized carbons (Fsp3) is 0.538. The van der Waals surface area contributed by atoms with E-state index in [0.717, 1.165) is 17.0 Å². The van der Waals surface area contributed by atoms with Crippen LogP contribution in [0.5, 0.6) is 0 Å². The molecule has 0 amide bonds. The average Bonchev–Trinajstić information content (AvgIpc) is 2.27. The number of nitrogens with one attached hydrogen (secondary N) is 1. The molecule has 0 heterocycles. The van der Waals surface area contributed by atoms with Crippen molar-refractivity contribution in [1.29, 1.82) is 0 Å². The number of rotatable bonds is 7. The molecule has 0 radical (unpaired) electrons. The van der Waals surface area contributed by atoms with Crippen LogP contribution in [0.25, 0.3) is 0 Å². The highest BCUT2D eigenvalue weighted by atomic mass is 35.5. The van der Waals surface area contributed by atoms with Crippen LogP contribution in [0, 0.1) is 0 Å². The maximum absolute atomic E-state index is 11.0. The SMILES string of the molecule is CCC(NCCCS(C)(=O)=O)c1cccc(Cl)c1. The smallest absolute Gasteiger partial charge is 0.147 e. The van der Waals surface area contributed by atoms with Crippen LogP contribution in [0.15, 0.2) is 24.3 Å². The molecule has 102 valence electrons. The van der Waals surface area contributed by atoms with Gasteiger partial charge in [-0.15, -0.1) is 0 Å². The molecule has 1 N–H and O–H groups in total. The Morgan fingerprint density at radius 3 is 2.67 bits per heavy atom. The Balaban J connectivity index is 2.48. The normalized spacial score (nSPS) is 13.5. The number of hydrogen-bond donors (Lipinski definition) is 1. The molecular weight excluding hydrogens is 270 g/mol. The maximum atomic E-state index is 11.0. The second kappa shape index (κ2) is 7.12. The van der Waals surface area contributed by atoms with Crippen molar-refractivity contribution in [3.05, 3.63) is 34.9 Å². The summed E-state index contributed by atoms with van der Waals surface area (Å²) in [5.41, 5.74) is 1.14. The van der Waals surface area contributed by atoms with Gasteiger partial charge in [0.2, 0.25) is 0 Å². The molecule has 0 bridgehead atoms. The Labute approximate surface area is 114 Å². The highest BCUT2D eigenvalue weighted by Gasteiger charge is 2.09. The molecule has 0 aliphatic carbocycles. The van der Waals surface area contributed by atoms with Crippen LogP contribution in [0.4, 0.5) is 0 Å². The van der Waals surface area contributed by atoms with Gasteiger partial charge in [-0.2, -0.15) is 0 Å². The van der Waals surface area contributed by atoms with E-state index in [1.165, 1.54) is 6.26 Å². The third kappa shape index (κ3) is 5.85. The molecule has 1 rings (SSSR count). The summed E-state index contributed by atoms with van der Waals surface area (Å²) in [4.78, 5) is 0. The summed E-state index contributed by atoms with van der Waals surface area (Å²) in [5.74, 6) is 0.228. The van der Waals surface area contributed by atoms with Gasteiger partial charge < -0.3 is 5.32 Å². The molecule has 0 aliphatic heterocycles. The molecule has 0 spiro atoms. The summed E-state index contributed by atoms with van der Waals surface area (Å²) in [5, 5.41) is 4.09. The Hall–Kier alpha value is -0.580. The fourth-order valence-corrected chi connectivity index (χ4v) is 2.70. The summed E-state index contributed by atoms with van der Waals surface area (Å²) in [6.07, 6.45) is 2.84. The lowest BCUT2D eigenvalue weighted by atomic mass is 10.0. The van der Waals surface area contributed by atoms with Gasteiger partial charge in [-0.1, -0.05) is 30.7 Å². The number of sulfone groups is 1. The van der Waals surface area contributed by atoms with E-state index in [2.05, 4.69) is 12.2 Å². The molecule has 0 fully saturated rings. The third-order valence-electron chi connectivity index (χ3n) is 2.74. The first-order valence-corrected chi connectivity index (χ1v) is 8.53. The monoisotopic (exact) mass is 289 g/mol. The minimum atomic E-state index is -2.86. The number of hydrogen-bond acceptors (Lipinski definition) is 3. The molecule has 1 atom stereocenters. The maximum Gasteiger partial charge on any atom is 0.147 e. The Morgan fingerprint density at radius 2 is 2.11 bits per heavy atom. The Kier molecular flexibility index (Phi) is 6.12. The van der Waals surface area contributed by atoms with E-state index in [1.54, 1.807) is 0 Å². The van der Waals surface area contributed by atoms with E-state index < -0.39 is 9.84 Å². The van der Waals surface area contributed by atoms with Gasteiger partial charge in [-0.05, 0) is 37.1 Å². The number of halogens is 1. The topological polar surface area (TPSA) is 46.2 Å². The van der Waals surface area contributed by atoms with Gasteiger partial charge in [-0.25, -0.2) is 8.42 Å². The summed E-state index contributed by atoms with van der Waals surface area (Å²) in [7, 11) is -2.86. The van der Waals surface area contributed by atoms with Crippen molar-refractivity contribution >= 4 is 21.4 Å².